The highest BCUT2D eigenvalue weighted by atomic mass is 35.5. The van der Waals surface area contributed by atoms with Crippen LogP contribution in [-0.2, 0) is 14.3 Å². The van der Waals surface area contributed by atoms with Crippen molar-refractivity contribution in [1.29, 1.82) is 0 Å². The van der Waals surface area contributed by atoms with Crippen LogP contribution in [0.3, 0.4) is 0 Å². The number of halogens is 1. The molecular weight excluding hydrogens is 468 g/mol. The van der Waals surface area contributed by atoms with Crippen molar-refractivity contribution >= 4 is 46.3 Å². The Labute approximate surface area is 197 Å². The normalized spacial score (nSPS) is 19.8. The molecule has 0 unspecified atom stereocenters. The molecule has 4 rings (SSSR count). The zero-order valence-corrected chi connectivity index (χ0v) is 18.6. The minimum Gasteiger partial charge on any atom is -0.462 e. The number of aromatic nitrogens is 4. The largest absolute Gasteiger partial charge is 0.462 e. The molecule has 1 fully saturated rings. The summed E-state index contributed by atoms with van der Waals surface area (Å²) in [5.41, 5.74) is 7.13. The molecule has 0 aliphatic heterocycles. The van der Waals surface area contributed by atoms with E-state index in [0.29, 0.717) is 23.2 Å². The van der Waals surface area contributed by atoms with Crippen molar-refractivity contribution in [1.82, 2.24) is 19.5 Å². The third kappa shape index (κ3) is 4.39. The molecule has 2 N–H and O–H groups in total. The van der Waals surface area contributed by atoms with Crippen LogP contribution >= 0.6 is 11.6 Å². The summed E-state index contributed by atoms with van der Waals surface area (Å²) >= 11 is 6.12. The lowest BCUT2D eigenvalue weighted by Gasteiger charge is -2.20. The second kappa shape index (κ2) is 9.06. The Morgan fingerprint density at radius 2 is 2.03 bits per heavy atom. The van der Waals surface area contributed by atoms with Gasteiger partial charge in [0.15, 0.2) is 10.8 Å². The number of benzene rings is 1. The van der Waals surface area contributed by atoms with Crippen LogP contribution in [0.1, 0.15) is 29.7 Å². The number of carbonyl (C=O) groups excluding carboxylic acids is 2. The molecule has 12 nitrogen and oxygen atoms in total. The monoisotopic (exact) mass is 486 g/mol. The fraction of sp³-hybridized carbons (Fsp3) is 0.286. The fourth-order valence-corrected chi connectivity index (χ4v) is 4.19. The minimum absolute atomic E-state index is 0.0204. The molecule has 1 aliphatic carbocycles. The Balaban J connectivity index is 1.55. The first kappa shape index (κ1) is 23.1. The van der Waals surface area contributed by atoms with Crippen LogP contribution in [-0.4, -0.2) is 49.1 Å². The van der Waals surface area contributed by atoms with Crippen LogP contribution in [0, 0.1) is 16.0 Å². The van der Waals surface area contributed by atoms with Gasteiger partial charge in [-0.1, -0.05) is 18.2 Å². The van der Waals surface area contributed by atoms with Gasteiger partial charge >= 0.3 is 11.9 Å². The minimum atomic E-state index is -0.673. The summed E-state index contributed by atoms with van der Waals surface area (Å²) < 4.78 is 12.6. The lowest BCUT2D eigenvalue weighted by molar-refractivity contribution is -0.384. The molecule has 3 aromatic rings. The number of nitrogen functional groups attached to an aromatic ring is 1. The van der Waals surface area contributed by atoms with Gasteiger partial charge in [-0.25, -0.2) is 9.78 Å². The van der Waals surface area contributed by atoms with Gasteiger partial charge in [-0.15, -0.1) is 0 Å². The number of ether oxygens (including phenoxy) is 2. The van der Waals surface area contributed by atoms with Gasteiger partial charge in [-0.3, -0.25) is 14.9 Å². The SMILES string of the molecule is C=C1[C@H](COC(=O)c2ccc([N+](=O)[O-])cc2)[C@@H](OC(C)=O)C[C@@H]1n1cnc2c(Cl)nc(N)nc21. The highest BCUT2D eigenvalue weighted by Crippen LogP contribution is 2.42. The predicted molar refractivity (Wildman–Crippen MR) is 120 cm³/mol. The first-order valence-corrected chi connectivity index (χ1v) is 10.5. The fourth-order valence-electron chi connectivity index (χ4n) is 3.97. The average Bonchev–Trinajstić information content (AvgIpc) is 3.32. The van der Waals surface area contributed by atoms with Gasteiger partial charge in [0.1, 0.15) is 18.2 Å². The van der Waals surface area contributed by atoms with Gasteiger partial charge in [-0.05, 0) is 17.7 Å². The molecule has 0 spiro atoms. The summed E-state index contributed by atoms with van der Waals surface area (Å²) in [5.74, 6) is -1.70. The first-order valence-electron chi connectivity index (χ1n) is 10.1. The number of esters is 2. The van der Waals surface area contributed by atoms with Gasteiger partial charge in [-0.2, -0.15) is 9.97 Å². The number of anilines is 1. The second-order valence-electron chi connectivity index (χ2n) is 7.68. The molecule has 13 heteroatoms. The number of fused-ring (bicyclic) bond motifs is 1. The van der Waals surface area contributed by atoms with E-state index in [1.165, 1.54) is 37.5 Å². The van der Waals surface area contributed by atoms with Crippen molar-refractivity contribution in [2.24, 2.45) is 5.92 Å². The maximum Gasteiger partial charge on any atom is 0.338 e. The van der Waals surface area contributed by atoms with E-state index in [9.17, 15) is 19.7 Å². The Morgan fingerprint density at radius 1 is 1.32 bits per heavy atom. The maximum atomic E-state index is 12.5. The number of nitro benzene ring substituents is 1. The first-order chi connectivity index (χ1) is 16.2. The second-order valence-corrected chi connectivity index (χ2v) is 8.04. The highest BCUT2D eigenvalue weighted by molar-refractivity contribution is 6.33. The summed E-state index contributed by atoms with van der Waals surface area (Å²) in [6.45, 7) is 5.32. The summed E-state index contributed by atoms with van der Waals surface area (Å²) in [6, 6.07) is 4.66. The van der Waals surface area contributed by atoms with Crippen molar-refractivity contribution in [2.45, 2.75) is 25.5 Å². The Morgan fingerprint density at radius 3 is 2.68 bits per heavy atom. The Bertz CT molecular complexity index is 1310. The molecule has 1 saturated carbocycles. The summed E-state index contributed by atoms with van der Waals surface area (Å²) in [5, 5.41) is 10.9. The van der Waals surface area contributed by atoms with Gasteiger partial charge in [0.25, 0.3) is 5.69 Å². The van der Waals surface area contributed by atoms with Crippen molar-refractivity contribution in [3.8, 4) is 0 Å². The third-order valence-corrected chi connectivity index (χ3v) is 5.83. The number of hydrogen-bond donors (Lipinski definition) is 1. The van der Waals surface area contributed by atoms with Crippen LogP contribution in [0.5, 0.6) is 0 Å². The molecule has 176 valence electrons. The Hall–Kier alpha value is -4.06. The lowest BCUT2D eigenvalue weighted by atomic mass is 10.0. The number of nitro groups is 1. The standard InChI is InChI=1S/C21H19ClN6O6/c1-10-14(8-33-20(30)12-3-5-13(6-4-12)28(31)32)16(34-11(2)29)7-15(10)27-9-24-17-18(22)25-21(23)26-19(17)27/h3-6,9,14-16H,1,7-8H2,2H3,(H2,23,25,26)/t14-,15-,16-/m0/s1. The lowest BCUT2D eigenvalue weighted by Crippen LogP contribution is -2.26. The number of rotatable bonds is 6. The van der Waals surface area contributed by atoms with E-state index < -0.39 is 28.9 Å². The van der Waals surface area contributed by atoms with E-state index in [1.54, 1.807) is 4.57 Å². The van der Waals surface area contributed by atoms with E-state index in [2.05, 4.69) is 21.5 Å². The van der Waals surface area contributed by atoms with Gasteiger partial charge in [0.2, 0.25) is 5.95 Å². The highest BCUT2D eigenvalue weighted by Gasteiger charge is 2.42. The molecule has 2 heterocycles. The Kier molecular flexibility index (Phi) is 6.16. The third-order valence-electron chi connectivity index (χ3n) is 5.57. The number of carbonyl (C=O) groups is 2. The molecule has 0 bridgehead atoms. The van der Waals surface area contributed by atoms with E-state index in [-0.39, 0.29) is 35.0 Å². The van der Waals surface area contributed by atoms with Gasteiger partial charge < -0.3 is 19.8 Å². The summed E-state index contributed by atoms with van der Waals surface area (Å²) in [7, 11) is 0. The van der Waals surface area contributed by atoms with E-state index in [1.807, 2.05) is 0 Å². The van der Waals surface area contributed by atoms with Gasteiger partial charge in [0.05, 0.1) is 28.8 Å². The molecule has 0 radical (unpaired) electrons. The molecule has 0 saturated heterocycles. The average molecular weight is 487 g/mol. The van der Waals surface area contributed by atoms with E-state index in [0.717, 1.165) is 0 Å². The molecule has 2 aromatic heterocycles. The van der Waals surface area contributed by atoms with Crippen LogP contribution in [0.2, 0.25) is 5.15 Å². The van der Waals surface area contributed by atoms with Crippen molar-refractivity contribution < 1.29 is 24.0 Å². The van der Waals surface area contributed by atoms with Gasteiger partial charge in [0, 0.05) is 25.5 Å². The van der Waals surface area contributed by atoms with Crippen molar-refractivity contribution in [3.63, 3.8) is 0 Å². The number of nitrogens with two attached hydrogens (primary N) is 1. The topological polar surface area (TPSA) is 165 Å². The molecular formula is C21H19ClN6O6. The molecule has 1 aromatic carbocycles. The van der Waals surface area contributed by atoms with E-state index in [4.69, 9.17) is 26.8 Å². The summed E-state index contributed by atoms with van der Waals surface area (Å²) in [6.07, 6.45) is 1.24. The number of hydrogen-bond acceptors (Lipinski definition) is 10. The van der Waals surface area contributed by atoms with Crippen LogP contribution in [0.25, 0.3) is 11.2 Å². The smallest absolute Gasteiger partial charge is 0.338 e. The summed E-state index contributed by atoms with van der Waals surface area (Å²) in [4.78, 5) is 46.8. The van der Waals surface area contributed by atoms with Crippen molar-refractivity contribution in [3.05, 3.63) is 63.6 Å². The number of non-ortho nitro benzene ring substituents is 1. The quantitative estimate of drug-likeness (QED) is 0.180. The molecule has 34 heavy (non-hydrogen) atoms. The number of imidazole rings is 1. The van der Waals surface area contributed by atoms with Crippen LogP contribution < -0.4 is 5.73 Å². The molecule has 0 amide bonds. The maximum absolute atomic E-state index is 12.5. The van der Waals surface area contributed by atoms with Crippen LogP contribution in [0.4, 0.5) is 11.6 Å². The van der Waals surface area contributed by atoms with E-state index >= 15 is 0 Å². The number of nitrogens with zero attached hydrogens (tertiary/aromatic N) is 5. The van der Waals surface area contributed by atoms with Crippen molar-refractivity contribution in [2.75, 3.05) is 12.3 Å². The van der Waals surface area contributed by atoms with Crippen LogP contribution in [0.15, 0.2) is 42.7 Å². The molecule has 3 atom stereocenters. The predicted octanol–water partition coefficient (Wildman–Crippen LogP) is 2.88. The molecule has 1 aliphatic rings. The zero-order chi connectivity index (χ0) is 24.6. The zero-order valence-electron chi connectivity index (χ0n) is 17.9.